The maximum Gasteiger partial charge on any atom is 0.308 e. The van der Waals surface area contributed by atoms with Gasteiger partial charge in [-0.05, 0) is 42.0 Å². The number of rotatable bonds is 6. The van der Waals surface area contributed by atoms with Gasteiger partial charge in [0.2, 0.25) is 5.91 Å². The van der Waals surface area contributed by atoms with E-state index in [1.807, 2.05) is 6.07 Å². The van der Waals surface area contributed by atoms with Gasteiger partial charge in [0.05, 0.1) is 0 Å². The van der Waals surface area contributed by atoms with Crippen LogP contribution >= 0.6 is 0 Å². The van der Waals surface area contributed by atoms with Crippen molar-refractivity contribution in [2.24, 2.45) is 0 Å². The van der Waals surface area contributed by atoms with Gasteiger partial charge in [0, 0.05) is 24.7 Å². The largest absolute Gasteiger partial charge is 0.427 e. The number of ether oxygens (including phenoxy) is 1. The molecule has 0 saturated heterocycles. The summed E-state index contributed by atoms with van der Waals surface area (Å²) in [4.78, 5) is 34.5. The van der Waals surface area contributed by atoms with Crippen LogP contribution in [0.25, 0.3) is 0 Å². The Morgan fingerprint density at radius 2 is 1.88 bits per heavy atom. The van der Waals surface area contributed by atoms with Crippen LogP contribution in [0.2, 0.25) is 0 Å². The highest BCUT2D eigenvalue weighted by Gasteiger charge is 2.08. The molecule has 0 radical (unpaired) electrons. The topological polar surface area (TPSA) is 84.5 Å². The Morgan fingerprint density at radius 3 is 2.60 bits per heavy atom. The third kappa shape index (κ3) is 5.62. The number of carbonyl (C=O) groups excluding carboxylic acids is 3. The molecular weight excluding hydrogens is 320 g/mol. The number of nitrogens with one attached hydrogen (secondary N) is 2. The number of esters is 1. The Labute approximate surface area is 145 Å². The van der Waals surface area contributed by atoms with E-state index in [0.29, 0.717) is 17.0 Å². The van der Waals surface area contributed by atoms with Crippen LogP contribution in [0.5, 0.6) is 5.75 Å². The van der Waals surface area contributed by atoms with E-state index in [2.05, 4.69) is 17.2 Å². The summed E-state index contributed by atoms with van der Waals surface area (Å²) in [6, 6.07) is 13.5. The first-order valence-electron chi connectivity index (χ1n) is 7.57. The Morgan fingerprint density at radius 1 is 1.12 bits per heavy atom. The first kappa shape index (κ1) is 17.9. The van der Waals surface area contributed by atoms with Crippen molar-refractivity contribution in [3.05, 3.63) is 72.3 Å². The molecule has 2 amide bonds. The van der Waals surface area contributed by atoms with Gasteiger partial charge in [-0.2, -0.15) is 0 Å². The average molecular weight is 338 g/mol. The molecule has 25 heavy (non-hydrogen) atoms. The molecule has 0 aromatic heterocycles. The summed E-state index contributed by atoms with van der Waals surface area (Å²) in [7, 11) is 0. The minimum absolute atomic E-state index is 0.286. The van der Waals surface area contributed by atoms with Crippen LogP contribution in [0.3, 0.4) is 0 Å². The Hall–Kier alpha value is -3.41. The number of hydrogen-bond acceptors (Lipinski definition) is 4. The van der Waals surface area contributed by atoms with Gasteiger partial charge in [-0.25, -0.2) is 0 Å². The van der Waals surface area contributed by atoms with Gasteiger partial charge in [-0.15, -0.1) is 0 Å². The van der Waals surface area contributed by atoms with Crippen LogP contribution in [0.1, 0.15) is 22.8 Å². The van der Waals surface area contributed by atoms with Crippen molar-refractivity contribution in [2.75, 3.05) is 5.32 Å². The number of benzene rings is 2. The fraction of sp³-hybridized carbons (Fsp3) is 0.105. The second-order valence-corrected chi connectivity index (χ2v) is 5.20. The number of hydrogen-bond donors (Lipinski definition) is 2. The quantitative estimate of drug-likeness (QED) is 0.482. The molecule has 0 saturated carbocycles. The minimum Gasteiger partial charge on any atom is -0.427 e. The van der Waals surface area contributed by atoms with E-state index in [9.17, 15) is 14.4 Å². The molecule has 0 bridgehead atoms. The van der Waals surface area contributed by atoms with E-state index in [0.717, 1.165) is 5.56 Å². The van der Waals surface area contributed by atoms with E-state index < -0.39 is 5.97 Å². The van der Waals surface area contributed by atoms with Crippen LogP contribution in [0.4, 0.5) is 5.69 Å². The lowest BCUT2D eigenvalue weighted by atomic mass is 10.1. The Balaban J connectivity index is 2.00. The van der Waals surface area contributed by atoms with Crippen molar-refractivity contribution in [3.63, 3.8) is 0 Å². The molecule has 2 N–H and O–H groups in total. The first-order chi connectivity index (χ1) is 12.0. The maximum atomic E-state index is 12.2. The molecule has 2 aromatic carbocycles. The zero-order chi connectivity index (χ0) is 18.2. The van der Waals surface area contributed by atoms with Crippen LogP contribution in [0.15, 0.2) is 61.2 Å². The van der Waals surface area contributed by atoms with Crippen LogP contribution in [-0.2, 0) is 16.1 Å². The fourth-order valence-electron chi connectivity index (χ4n) is 2.10. The van der Waals surface area contributed by atoms with Crippen molar-refractivity contribution in [1.82, 2.24) is 5.32 Å². The van der Waals surface area contributed by atoms with Crippen LogP contribution in [0, 0.1) is 0 Å². The summed E-state index contributed by atoms with van der Waals surface area (Å²) in [5, 5.41) is 5.44. The van der Waals surface area contributed by atoms with Gasteiger partial charge < -0.3 is 15.4 Å². The molecule has 2 rings (SSSR count). The minimum atomic E-state index is -0.448. The maximum absolute atomic E-state index is 12.2. The average Bonchev–Trinajstić information content (AvgIpc) is 2.59. The predicted molar refractivity (Wildman–Crippen MR) is 94.2 cm³/mol. The molecule has 0 aliphatic heterocycles. The zero-order valence-corrected chi connectivity index (χ0v) is 13.7. The van der Waals surface area contributed by atoms with Crippen molar-refractivity contribution >= 4 is 23.5 Å². The van der Waals surface area contributed by atoms with Gasteiger partial charge in [-0.1, -0.05) is 24.8 Å². The standard InChI is InChI=1S/C19H18N2O4/c1-3-18(23)21-16-8-4-6-14(10-16)12-20-19(24)15-7-5-9-17(11-15)25-13(2)22/h3-11H,1,12H2,2H3,(H,20,24)(H,21,23). The molecule has 0 heterocycles. The summed E-state index contributed by atoms with van der Waals surface area (Å²) >= 11 is 0. The van der Waals surface area contributed by atoms with Crippen molar-refractivity contribution in [3.8, 4) is 5.75 Å². The molecule has 0 aliphatic carbocycles. The molecule has 6 nitrogen and oxygen atoms in total. The highest BCUT2D eigenvalue weighted by atomic mass is 16.5. The normalized spacial score (nSPS) is 9.80. The first-order valence-corrected chi connectivity index (χ1v) is 7.57. The third-order valence-electron chi connectivity index (χ3n) is 3.19. The van der Waals surface area contributed by atoms with Crippen molar-refractivity contribution in [2.45, 2.75) is 13.5 Å². The van der Waals surface area contributed by atoms with E-state index in [1.54, 1.807) is 36.4 Å². The molecule has 0 atom stereocenters. The second-order valence-electron chi connectivity index (χ2n) is 5.20. The molecule has 128 valence electrons. The number of carbonyl (C=O) groups is 3. The predicted octanol–water partition coefficient (Wildman–Crippen LogP) is 2.67. The smallest absolute Gasteiger partial charge is 0.308 e. The number of amides is 2. The third-order valence-corrected chi connectivity index (χ3v) is 3.19. The Kier molecular flexibility index (Phi) is 6.06. The molecular formula is C19H18N2O4. The molecule has 6 heteroatoms. The summed E-state index contributed by atoms with van der Waals surface area (Å²) in [5.41, 5.74) is 1.83. The molecule has 2 aromatic rings. The molecule has 0 fully saturated rings. The van der Waals surface area contributed by atoms with Gasteiger partial charge >= 0.3 is 5.97 Å². The van der Waals surface area contributed by atoms with Crippen LogP contribution < -0.4 is 15.4 Å². The summed E-state index contributed by atoms with van der Waals surface area (Å²) in [5.74, 6) is -0.733. The van der Waals surface area contributed by atoms with Crippen LogP contribution in [-0.4, -0.2) is 17.8 Å². The zero-order valence-electron chi connectivity index (χ0n) is 13.7. The van der Waals surface area contributed by atoms with E-state index in [-0.39, 0.29) is 18.4 Å². The van der Waals surface area contributed by atoms with Gasteiger partial charge in [0.15, 0.2) is 0 Å². The SMILES string of the molecule is C=CC(=O)Nc1cccc(CNC(=O)c2cccc(OC(C)=O)c2)c1. The van der Waals surface area contributed by atoms with Crippen molar-refractivity contribution in [1.29, 1.82) is 0 Å². The summed E-state index contributed by atoms with van der Waals surface area (Å²) in [6.45, 7) is 4.98. The van der Waals surface area contributed by atoms with Gasteiger partial charge in [0.25, 0.3) is 5.91 Å². The highest BCUT2D eigenvalue weighted by molar-refractivity contribution is 5.99. The van der Waals surface area contributed by atoms with E-state index in [4.69, 9.17) is 4.74 Å². The van der Waals surface area contributed by atoms with Crippen molar-refractivity contribution < 1.29 is 19.1 Å². The second kappa shape index (κ2) is 8.44. The van der Waals surface area contributed by atoms with Gasteiger partial charge in [-0.3, -0.25) is 14.4 Å². The monoisotopic (exact) mass is 338 g/mol. The summed E-state index contributed by atoms with van der Waals surface area (Å²) < 4.78 is 4.96. The molecule has 0 spiro atoms. The number of anilines is 1. The lowest BCUT2D eigenvalue weighted by Gasteiger charge is -2.09. The summed E-state index contributed by atoms with van der Waals surface area (Å²) in [6.07, 6.45) is 1.19. The Bertz CT molecular complexity index is 815. The lowest BCUT2D eigenvalue weighted by molar-refractivity contribution is -0.131. The lowest BCUT2D eigenvalue weighted by Crippen LogP contribution is -2.23. The fourth-order valence-corrected chi connectivity index (χ4v) is 2.10. The highest BCUT2D eigenvalue weighted by Crippen LogP contribution is 2.14. The van der Waals surface area contributed by atoms with Gasteiger partial charge in [0.1, 0.15) is 5.75 Å². The van der Waals surface area contributed by atoms with E-state index in [1.165, 1.54) is 19.1 Å². The molecule has 0 aliphatic rings. The molecule has 0 unspecified atom stereocenters. The van der Waals surface area contributed by atoms with E-state index >= 15 is 0 Å².